The molecule has 2 atom stereocenters. The number of anilines is 1. The van der Waals surface area contributed by atoms with Crippen molar-refractivity contribution in [3.05, 3.63) is 30.3 Å². The number of hydrogen-bond donors (Lipinski definition) is 2. The topological polar surface area (TPSA) is 69.6 Å². The van der Waals surface area contributed by atoms with Crippen LogP contribution in [-0.2, 0) is 4.79 Å². The first-order valence-electron chi connectivity index (χ1n) is 5.86. The van der Waals surface area contributed by atoms with Gasteiger partial charge in [-0.15, -0.1) is 11.8 Å². The van der Waals surface area contributed by atoms with Gasteiger partial charge in [0, 0.05) is 11.4 Å². The van der Waals surface area contributed by atoms with Gasteiger partial charge in [-0.1, -0.05) is 18.2 Å². The zero-order valence-electron chi connectivity index (χ0n) is 10.5. The van der Waals surface area contributed by atoms with Gasteiger partial charge in [0.25, 0.3) is 0 Å². The van der Waals surface area contributed by atoms with E-state index in [1.165, 1.54) is 12.1 Å². The van der Waals surface area contributed by atoms with Gasteiger partial charge in [0.1, 0.15) is 6.04 Å². The third kappa shape index (κ3) is 3.41. The Balaban J connectivity index is 2.22. The van der Waals surface area contributed by atoms with Gasteiger partial charge in [-0.2, -0.15) is 13.2 Å². The van der Waals surface area contributed by atoms with Crippen LogP contribution in [0, 0.1) is 0 Å². The summed E-state index contributed by atoms with van der Waals surface area (Å²) in [6.07, 6.45) is -4.69. The van der Waals surface area contributed by atoms with Crippen molar-refractivity contribution >= 4 is 29.4 Å². The largest absolute Gasteiger partial charge is 0.480 e. The molecule has 1 aromatic carbocycles. The molecule has 0 radical (unpaired) electrons. The predicted molar refractivity (Wildman–Crippen MR) is 71.0 cm³/mol. The first-order chi connectivity index (χ1) is 9.80. The zero-order chi connectivity index (χ0) is 15.6. The molecule has 9 heteroatoms. The van der Waals surface area contributed by atoms with Crippen molar-refractivity contribution in [2.24, 2.45) is 0 Å². The average Bonchev–Trinajstić information content (AvgIpc) is 2.84. The van der Waals surface area contributed by atoms with Crippen molar-refractivity contribution in [2.75, 3.05) is 11.1 Å². The van der Waals surface area contributed by atoms with Crippen LogP contribution in [0.15, 0.2) is 30.3 Å². The molecule has 114 valence electrons. The molecule has 5 nitrogen and oxygen atoms in total. The van der Waals surface area contributed by atoms with E-state index in [0.29, 0.717) is 22.3 Å². The van der Waals surface area contributed by atoms with Crippen LogP contribution in [0.2, 0.25) is 0 Å². The molecule has 0 spiro atoms. The molecule has 0 aliphatic carbocycles. The van der Waals surface area contributed by atoms with E-state index in [-0.39, 0.29) is 5.75 Å². The number of thioether (sulfide) groups is 1. The van der Waals surface area contributed by atoms with Crippen molar-refractivity contribution in [3.63, 3.8) is 0 Å². The van der Waals surface area contributed by atoms with Gasteiger partial charge in [-0.3, -0.25) is 4.90 Å². The van der Waals surface area contributed by atoms with E-state index < -0.39 is 29.6 Å². The molecule has 1 fully saturated rings. The normalized spacial score (nSPS) is 22.1. The molecule has 1 aliphatic rings. The van der Waals surface area contributed by atoms with Crippen LogP contribution in [0.25, 0.3) is 0 Å². The lowest BCUT2D eigenvalue weighted by Crippen LogP contribution is -2.51. The van der Waals surface area contributed by atoms with Crippen LogP contribution in [0.3, 0.4) is 0 Å². The van der Waals surface area contributed by atoms with Crippen molar-refractivity contribution < 1.29 is 27.9 Å². The van der Waals surface area contributed by atoms with E-state index in [1.807, 2.05) is 0 Å². The van der Waals surface area contributed by atoms with Crippen LogP contribution in [0.1, 0.15) is 0 Å². The van der Waals surface area contributed by atoms with Crippen LogP contribution in [-0.4, -0.2) is 45.4 Å². The number of carboxylic acid groups (broad SMARTS) is 1. The molecule has 1 heterocycles. The molecular weight excluding hydrogens is 309 g/mol. The second-order valence-electron chi connectivity index (χ2n) is 4.28. The van der Waals surface area contributed by atoms with Gasteiger partial charge in [-0.05, 0) is 12.1 Å². The molecule has 2 N–H and O–H groups in total. The van der Waals surface area contributed by atoms with E-state index in [0.717, 1.165) is 0 Å². The smallest absolute Gasteiger partial charge is 0.418 e. The highest BCUT2D eigenvalue weighted by Crippen LogP contribution is 2.40. The fraction of sp³-hybridized carbons (Fsp3) is 0.333. The first kappa shape index (κ1) is 15.5. The number of benzene rings is 1. The van der Waals surface area contributed by atoms with Crippen LogP contribution < -0.4 is 5.32 Å². The number of alkyl halides is 3. The summed E-state index contributed by atoms with van der Waals surface area (Å²) in [7, 11) is 0. The number of para-hydroxylation sites is 1. The molecule has 2 rings (SSSR count). The van der Waals surface area contributed by atoms with Crippen LogP contribution >= 0.6 is 11.8 Å². The fourth-order valence-electron chi connectivity index (χ4n) is 1.91. The summed E-state index contributed by atoms with van der Waals surface area (Å²) in [5, 5.41) is 9.10. The van der Waals surface area contributed by atoms with Gasteiger partial charge in [0.15, 0.2) is 5.37 Å². The number of hydrogen-bond acceptors (Lipinski definition) is 3. The lowest BCUT2D eigenvalue weighted by Gasteiger charge is -2.28. The number of halogens is 3. The molecule has 2 amide bonds. The Kier molecular flexibility index (Phi) is 4.31. The summed E-state index contributed by atoms with van der Waals surface area (Å²) < 4.78 is 38.7. The Hall–Kier alpha value is -1.90. The van der Waals surface area contributed by atoms with Gasteiger partial charge in [-0.25, -0.2) is 9.59 Å². The quantitative estimate of drug-likeness (QED) is 0.879. The van der Waals surface area contributed by atoms with E-state index in [4.69, 9.17) is 5.11 Å². The SMILES string of the molecule is O=C(O)[C@@H]1CS[C@H](C(F)(F)F)N1C(=O)Nc1ccccc1. The molecule has 0 unspecified atom stereocenters. The number of rotatable bonds is 2. The van der Waals surface area contributed by atoms with E-state index in [2.05, 4.69) is 5.32 Å². The van der Waals surface area contributed by atoms with Crippen molar-refractivity contribution in [2.45, 2.75) is 17.6 Å². The fourth-order valence-corrected chi connectivity index (χ4v) is 3.17. The minimum atomic E-state index is -4.69. The second-order valence-corrected chi connectivity index (χ2v) is 5.40. The summed E-state index contributed by atoms with van der Waals surface area (Å²) in [6, 6.07) is 5.29. The highest BCUT2D eigenvalue weighted by Gasteiger charge is 2.54. The minimum Gasteiger partial charge on any atom is -0.480 e. The zero-order valence-corrected chi connectivity index (χ0v) is 11.3. The van der Waals surface area contributed by atoms with E-state index in [9.17, 15) is 22.8 Å². The monoisotopic (exact) mass is 320 g/mol. The molecule has 21 heavy (non-hydrogen) atoms. The van der Waals surface area contributed by atoms with Gasteiger partial charge in [0.05, 0.1) is 0 Å². The number of carbonyl (C=O) groups is 2. The van der Waals surface area contributed by atoms with E-state index >= 15 is 0 Å². The van der Waals surface area contributed by atoms with Gasteiger partial charge < -0.3 is 10.4 Å². The maximum atomic E-state index is 12.9. The minimum absolute atomic E-state index is 0.296. The number of aliphatic carboxylic acids is 1. The molecule has 0 saturated carbocycles. The Morgan fingerprint density at radius 1 is 1.29 bits per heavy atom. The third-order valence-corrected chi connectivity index (χ3v) is 4.14. The summed E-state index contributed by atoms with van der Waals surface area (Å²) in [4.78, 5) is 23.4. The Morgan fingerprint density at radius 2 is 1.90 bits per heavy atom. The molecule has 0 bridgehead atoms. The standard InChI is InChI=1S/C12H11F3N2O3S/c13-12(14,15)10-17(8(6-21-10)9(18)19)11(20)16-7-4-2-1-3-5-7/h1-5,8,10H,6H2,(H,16,20)(H,18,19)/t8-,10+/m0/s1. The number of nitrogens with zero attached hydrogens (tertiary/aromatic N) is 1. The summed E-state index contributed by atoms with van der Waals surface area (Å²) in [5.41, 5.74) is 0.296. The third-order valence-electron chi connectivity index (χ3n) is 2.83. The molecule has 1 saturated heterocycles. The summed E-state index contributed by atoms with van der Waals surface area (Å²) in [5.74, 6) is -1.76. The molecule has 1 aliphatic heterocycles. The maximum absolute atomic E-state index is 12.9. The Bertz CT molecular complexity index is 538. The lowest BCUT2D eigenvalue weighted by molar-refractivity contribution is -0.158. The lowest BCUT2D eigenvalue weighted by atomic mass is 10.3. The number of nitrogens with one attached hydrogen (secondary N) is 1. The Morgan fingerprint density at radius 3 is 2.43 bits per heavy atom. The number of carbonyl (C=O) groups excluding carboxylic acids is 1. The predicted octanol–water partition coefficient (Wildman–Crippen LogP) is 2.61. The van der Waals surface area contributed by atoms with Gasteiger partial charge in [0.2, 0.25) is 0 Å². The number of amides is 2. The van der Waals surface area contributed by atoms with E-state index in [1.54, 1.807) is 18.2 Å². The maximum Gasteiger partial charge on any atom is 0.418 e. The van der Waals surface area contributed by atoms with Crippen LogP contribution in [0.5, 0.6) is 0 Å². The van der Waals surface area contributed by atoms with Crippen molar-refractivity contribution in [3.8, 4) is 0 Å². The molecular formula is C12H11F3N2O3S. The average molecular weight is 320 g/mol. The van der Waals surface area contributed by atoms with Crippen LogP contribution in [0.4, 0.5) is 23.7 Å². The highest BCUT2D eigenvalue weighted by atomic mass is 32.2. The second kappa shape index (κ2) is 5.84. The summed E-state index contributed by atoms with van der Waals surface area (Å²) >= 11 is 0.392. The van der Waals surface area contributed by atoms with Crippen molar-refractivity contribution in [1.82, 2.24) is 4.90 Å². The number of carboxylic acids is 1. The molecule has 0 aromatic heterocycles. The van der Waals surface area contributed by atoms with Crippen molar-refractivity contribution in [1.29, 1.82) is 0 Å². The summed E-state index contributed by atoms with van der Waals surface area (Å²) in [6.45, 7) is 0. The highest BCUT2D eigenvalue weighted by molar-refractivity contribution is 8.00. The Labute approximate surface area is 122 Å². The first-order valence-corrected chi connectivity index (χ1v) is 6.91. The number of urea groups is 1. The molecule has 1 aromatic rings. The van der Waals surface area contributed by atoms with Gasteiger partial charge >= 0.3 is 18.2 Å².